The molecular weight excluding hydrogens is 210 g/mol. The second kappa shape index (κ2) is 6.17. The van der Waals surface area contributed by atoms with Crippen LogP contribution in [0.3, 0.4) is 0 Å². The van der Waals surface area contributed by atoms with Gasteiger partial charge in [0.05, 0.1) is 0 Å². The largest absolute Gasteiger partial charge is 0.312 e. The Morgan fingerprint density at radius 3 is 3.18 bits per heavy atom. The van der Waals surface area contributed by atoms with Gasteiger partial charge in [0.1, 0.15) is 11.8 Å². The molecule has 1 unspecified atom stereocenters. The van der Waals surface area contributed by atoms with Crippen LogP contribution in [0.2, 0.25) is 0 Å². The maximum atomic E-state index is 8.75. The Bertz CT molecular complexity index is 431. The first-order valence-corrected chi connectivity index (χ1v) is 6.09. The van der Waals surface area contributed by atoms with Crippen molar-refractivity contribution in [3.05, 3.63) is 41.7 Å². The molecule has 1 aliphatic rings. The molecule has 17 heavy (non-hydrogen) atoms. The van der Waals surface area contributed by atoms with Gasteiger partial charge in [-0.2, -0.15) is 5.26 Å². The van der Waals surface area contributed by atoms with Crippen LogP contribution in [-0.2, 0) is 6.54 Å². The first-order valence-electron chi connectivity index (χ1n) is 6.09. The average molecular weight is 227 g/mol. The van der Waals surface area contributed by atoms with E-state index in [1.54, 1.807) is 6.20 Å². The fraction of sp³-hybridized carbons (Fsp3) is 0.429. The maximum Gasteiger partial charge on any atom is 0.140 e. The van der Waals surface area contributed by atoms with Gasteiger partial charge in [0, 0.05) is 12.7 Å². The molecule has 0 spiro atoms. The number of pyridine rings is 1. The molecule has 0 aromatic carbocycles. The van der Waals surface area contributed by atoms with Gasteiger partial charge >= 0.3 is 0 Å². The molecule has 1 aliphatic carbocycles. The number of aromatic nitrogens is 1. The summed E-state index contributed by atoms with van der Waals surface area (Å²) in [5, 5.41) is 12.2. The number of hydrogen-bond acceptors (Lipinski definition) is 3. The summed E-state index contributed by atoms with van der Waals surface area (Å²) < 4.78 is 0. The smallest absolute Gasteiger partial charge is 0.140 e. The fourth-order valence-corrected chi connectivity index (χ4v) is 2.11. The molecule has 0 fully saturated rings. The minimum absolute atomic E-state index is 0.491. The van der Waals surface area contributed by atoms with Gasteiger partial charge in [-0.15, -0.1) is 0 Å². The van der Waals surface area contributed by atoms with Gasteiger partial charge in [0.2, 0.25) is 0 Å². The molecular formula is C14H17N3. The number of nitriles is 1. The van der Waals surface area contributed by atoms with E-state index in [9.17, 15) is 0 Å². The van der Waals surface area contributed by atoms with Crippen LogP contribution in [0, 0.1) is 17.2 Å². The van der Waals surface area contributed by atoms with Crippen LogP contribution in [0.1, 0.15) is 30.5 Å². The molecule has 3 nitrogen and oxygen atoms in total. The van der Waals surface area contributed by atoms with E-state index in [-0.39, 0.29) is 0 Å². The van der Waals surface area contributed by atoms with Crippen LogP contribution in [-0.4, -0.2) is 11.5 Å². The molecule has 1 N–H and O–H groups in total. The van der Waals surface area contributed by atoms with Crippen molar-refractivity contribution in [2.75, 3.05) is 6.54 Å². The van der Waals surface area contributed by atoms with Crippen LogP contribution >= 0.6 is 0 Å². The summed E-state index contributed by atoms with van der Waals surface area (Å²) in [5.41, 5.74) is 1.62. The van der Waals surface area contributed by atoms with E-state index in [1.165, 1.54) is 19.3 Å². The predicted octanol–water partition coefficient (Wildman–Crippen LogP) is 2.40. The number of nitrogens with one attached hydrogen (secondary N) is 1. The Morgan fingerprint density at radius 1 is 1.47 bits per heavy atom. The first kappa shape index (κ1) is 11.8. The van der Waals surface area contributed by atoms with Crippen molar-refractivity contribution in [2.24, 2.45) is 5.92 Å². The van der Waals surface area contributed by atoms with E-state index in [1.807, 2.05) is 12.1 Å². The second-order valence-corrected chi connectivity index (χ2v) is 4.44. The zero-order valence-corrected chi connectivity index (χ0v) is 9.89. The standard InChI is InChI=1S/C14H17N3/c15-9-14-8-13(6-7-17-14)11-16-10-12-4-2-1-3-5-12/h1-2,6-8,12,16H,3-5,10-11H2. The lowest BCUT2D eigenvalue weighted by Crippen LogP contribution is -2.23. The van der Waals surface area contributed by atoms with Crippen LogP contribution in [0.25, 0.3) is 0 Å². The van der Waals surface area contributed by atoms with E-state index in [0.717, 1.165) is 24.6 Å². The van der Waals surface area contributed by atoms with Crippen molar-refractivity contribution in [1.82, 2.24) is 10.3 Å². The SMILES string of the molecule is N#Cc1cc(CNCC2CC=CCC2)ccn1. The summed E-state index contributed by atoms with van der Waals surface area (Å²) in [6.45, 7) is 1.87. The third kappa shape index (κ3) is 3.69. The summed E-state index contributed by atoms with van der Waals surface area (Å²) in [7, 11) is 0. The van der Waals surface area contributed by atoms with Crippen LogP contribution in [0.15, 0.2) is 30.5 Å². The summed E-state index contributed by atoms with van der Waals surface area (Å²) in [5.74, 6) is 0.761. The molecule has 88 valence electrons. The van der Waals surface area contributed by atoms with Crippen molar-refractivity contribution in [3.63, 3.8) is 0 Å². The van der Waals surface area contributed by atoms with Crippen LogP contribution in [0.4, 0.5) is 0 Å². The summed E-state index contributed by atoms with van der Waals surface area (Å²) in [4.78, 5) is 3.96. The van der Waals surface area contributed by atoms with E-state index >= 15 is 0 Å². The zero-order valence-electron chi connectivity index (χ0n) is 9.89. The van der Waals surface area contributed by atoms with Gasteiger partial charge in [-0.1, -0.05) is 12.2 Å². The molecule has 1 aromatic rings. The molecule has 3 heteroatoms. The highest BCUT2D eigenvalue weighted by molar-refractivity contribution is 5.25. The number of hydrogen-bond donors (Lipinski definition) is 1. The van der Waals surface area contributed by atoms with Gasteiger partial charge < -0.3 is 5.32 Å². The van der Waals surface area contributed by atoms with Crippen molar-refractivity contribution in [3.8, 4) is 6.07 Å². The lowest BCUT2D eigenvalue weighted by atomic mass is 9.94. The van der Waals surface area contributed by atoms with Crippen molar-refractivity contribution in [2.45, 2.75) is 25.8 Å². The molecule has 1 heterocycles. The Morgan fingerprint density at radius 2 is 2.41 bits per heavy atom. The van der Waals surface area contributed by atoms with Gasteiger partial charge in [0.15, 0.2) is 0 Å². The van der Waals surface area contributed by atoms with Crippen molar-refractivity contribution < 1.29 is 0 Å². The third-order valence-electron chi connectivity index (χ3n) is 3.08. The molecule has 2 rings (SSSR count). The minimum atomic E-state index is 0.491. The van der Waals surface area contributed by atoms with Gasteiger partial charge in [-0.05, 0) is 49.4 Å². The Hall–Kier alpha value is -1.66. The van der Waals surface area contributed by atoms with Gasteiger partial charge in [-0.3, -0.25) is 0 Å². The third-order valence-corrected chi connectivity index (χ3v) is 3.08. The first-order chi connectivity index (χ1) is 8.38. The Balaban J connectivity index is 1.77. The lowest BCUT2D eigenvalue weighted by molar-refractivity contribution is 0.440. The highest BCUT2D eigenvalue weighted by atomic mass is 14.9. The highest BCUT2D eigenvalue weighted by Gasteiger charge is 2.08. The molecule has 0 amide bonds. The molecule has 0 bridgehead atoms. The minimum Gasteiger partial charge on any atom is -0.312 e. The molecule has 0 saturated carbocycles. The molecule has 1 atom stereocenters. The monoisotopic (exact) mass is 227 g/mol. The van der Waals surface area contributed by atoms with Crippen LogP contribution < -0.4 is 5.32 Å². The number of rotatable bonds is 4. The zero-order chi connectivity index (χ0) is 11.9. The topological polar surface area (TPSA) is 48.7 Å². The molecule has 0 radical (unpaired) electrons. The fourth-order valence-electron chi connectivity index (χ4n) is 2.11. The molecule has 0 aliphatic heterocycles. The van der Waals surface area contributed by atoms with E-state index in [4.69, 9.17) is 5.26 Å². The lowest BCUT2D eigenvalue weighted by Gasteiger charge is -2.18. The van der Waals surface area contributed by atoms with Gasteiger partial charge in [0.25, 0.3) is 0 Å². The summed E-state index contributed by atoms with van der Waals surface area (Å²) in [6.07, 6.45) is 9.91. The van der Waals surface area contributed by atoms with Gasteiger partial charge in [-0.25, -0.2) is 4.98 Å². The quantitative estimate of drug-likeness (QED) is 0.803. The van der Waals surface area contributed by atoms with E-state index < -0.39 is 0 Å². The summed E-state index contributed by atoms with van der Waals surface area (Å²) in [6, 6.07) is 5.85. The van der Waals surface area contributed by atoms with E-state index in [2.05, 4.69) is 28.5 Å². The molecule has 0 saturated heterocycles. The summed E-state index contributed by atoms with van der Waals surface area (Å²) >= 11 is 0. The van der Waals surface area contributed by atoms with Crippen LogP contribution in [0.5, 0.6) is 0 Å². The maximum absolute atomic E-state index is 8.75. The average Bonchev–Trinajstić information content (AvgIpc) is 2.40. The normalized spacial score (nSPS) is 18.9. The Labute approximate surface area is 102 Å². The van der Waals surface area contributed by atoms with Crippen molar-refractivity contribution >= 4 is 0 Å². The number of nitrogens with zero attached hydrogens (tertiary/aromatic N) is 2. The van der Waals surface area contributed by atoms with E-state index in [0.29, 0.717) is 5.69 Å². The second-order valence-electron chi connectivity index (χ2n) is 4.44. The van der Waals surface area contributed by atoms with Crippen molar-refractivity contribution in [1.29, 1.82) is 5.26 Å². The number of allylic oxidation sites excluding steroid dienone is 2. The predicted molar refractivity (Wildman–Crippen MR) is 67.1 cm³/mol. The molecule has 1 aromatic heterocycles. The highest BCUT2D eigenvalue weighted by Crippen LogP contribution is 2.17. The Kier molecular flexibility index (Phi) is 4.29.